The smallest absolute Gasteiger partial charge is 0.326 e. The third-order valence-electron chi connectivity index (χ3n) is 4.46. The van der Waals surface area contributed by atoms with Gasteiger partial charge in [0, 0.05) is 18.2 Å². The lowest BCUT2D eigenvalue weighted by Gasteiger charge is -2.00. The van der Waals surface area contributed by atoms with Gasteiger partial charge in [0.15, 0.2) is 0 Å². The number of ether oxygens (including phenoxy) is 1. The monoisotopic (exact) mass is 376 g/mol. The van der Waals surface area contributed by atoms with Crippen LogP contribution in [0.4, 0.5) is 0 Å². The molecule has 0 radical (unpaired) electrons. The summed E-state index contributed by atoms with van der Waals surface area (Å²) < 4.78 is 12.2. The molecule has 0 aliphatic carbocycles. The van der Waals surface area contributed by atoms with E-state index in [0.717, 1.165) is 34.3 Å². The van der Waals surface area contributed by atoms with Crippen molar-refractivity contribution in [1.82, 2.24) is 19.7 Å². The number of aromatic amines is 1. The van der Waals surface area contributed by atoms with Crippen molar-refractivity contribution in [3.8, 4) is 17.1 Å². The molecule has 7 heteroatoms. The van der Waals surface area contributed by atoms with Gasteiger partial charge in [0.2, 0.25) is 5.82 Å². The number of imidazole rings is 1. The maximum atomic E-state index is 12.1. The number of aromatic nitrogens is 4. The normalized spacial score (nSPS) is 11.5. The lowest BCUT2D eigenvalue weighted by molar-refractivity contribution is 0.411. The molecule has 0 atom stereocenters. The van der Waals surface area contributed by atoms with Crippen LogP contribution in [0.2, 0.25) is 0 Å². The molecule has 4 rings (SSSR count). The van der Waals surface area contributed by atoms with E-state index in [0.29, 0.717) is 18.3 Å². The van der Waals surface area contributed by atoms with Gasteiger partial charge in [0.05, 0.1) is 18.1 Å². The Morgan fingerprint density at radius 3 is 2.75 bits per heavy atom. The van der Waals surface area contributed by atoms with Gasteiger partial charge in [-0.15, -0.1) is 0 Å². The van der Waals surface area contributed by atoms with E-state index in [-0.39, 0.29) is 5.69 Å². The molecule has 1 N–H and O–H groups in total. The van der Waals surface area contributed by atoms with Gasteiger partial charge in [-0.2, -0.15) is 4.98 Å². The summed E-state index contributed by atoms with van der Waals surface area (Å²) in [6, 6.07) is 13.3. The Hall–Kier alpha value is -3.61. The molecule has 2 aromatic carbocycles. The van der Waals surface area contributed by atoms with Crippen molar-refractivity contribution in [3.63, 3.8) is 0 Å². The molecule has 2 aromatic heterocycles. The molecule has 0 saturated carbocycles. The van der Waals surface area contributed by atoms with Gasteiger partial charge in [-0.3, -0.25) is 4.57 Å². The minimum atomic E-state index is -0.106. The van der Waals surface area contributed by atoms with E-state index in [2.05, 4.69) is 15.1 Å². The summed E-state index contributed by atoms with van der Waals surface area (Å²) in [5.41, 5.74) is 3.31. The van der Waals surface area contributed by atoms with E-state index in [9.17, 15) is 4.79 Å². The fourth-order valence-electron chi connectivity index (χ4n) is 3.05. The van der Waals surface area contributed by atoms with E-state index in [1.54, 1.807) is 17.8 Å². The highest BCUT2D eigenvalue weighted by Crippen LogP contribution is 2.21. The molecule has 0 unspecified atom stereocenters. The average molecular weight is 376 g/mol. The molecule has 0 spiro atoms. The molecule has 0 fully saturated rings. The number of benzene rings is 2. The molecule has 4 aromatic rings. The minimum Gasteiger partial charge on any atom is -0.497 e. The predicted molar refractivity (Wildman–Crippen MR) is 108 cm³/mol. The topological polar surface area (TPSA) is 85.9 Å². The van der Waals surface area contributed by atoms with Gasteiger partial charge >= 0.3 is 5.69 Å². The van der Waals surface area contributed by atoms with Gasteiger partial charge in [0.25, 0.3) is 5.89 Å². The molecule has 0 amide bonds. The molecule has 0 saturated heterocycles. The maximum absolute atomic E-state index is 12.1. The molecular weight excluding hydrogens is 356 g/mol. The molecule has 2 heterocycles. The highest BCUT2D eigenvalue weighted by Gasteiger charge is 2.11. The second-order valence-corrected chi connectivity index (χ2v) is 6.38. The van der Waals surface area contributed by atoms with Crippen molar-refractivity contribution >= 4 is 23.2 Å². The molecule has 0 aliphatic heterocycles. The Kier molecular flexibility index (Phi) is 4.80. The van der Waals surface area contributed by atoms with Crippen molar-refractivity contribution in [2.24, 2.45) is 0 Å². The van der Waals surface area contributed by atoms with Crippen molar-refractivity contribution in [2.45, 2.75) is 19.9 Å². The Bertz CT molecular complexity index is 1180. The molecule has 0 aliphatic rings. The Labute approximate surface area is 161 Å². The molecule has 7 nitrogen and oxygen atoms in total. The third-order valence-corrected chi connectivity index (χ3v) is 4.46. The zero-order valence-corrected chi connectivity index (χ0v) is 15.7. The summed E-state index contributed by atoms with van der Waals surface area (Å²) in [7, 11) is 1.64. The highest BCUT2D eigenvalue weighted by atomic mass is 16.5. The number of hydrogen-bond acceptors (Lipinski definition) is 5. The summed E-state index contributed by atoms with van der Waals surface area (Å²) in [5, 5.41) is 4.04. The fourth-order valence-corrected chi connectivity index (χ4v) is 3.05. The number of rotatable bonds is 6. The summed E-state index contributed by atoms with van der Waals surface area (Å²) in [4.78, 5) is 19.4. The van der Waals surface area contributed by atoms with Crippen LogP contribution in [0.3, 0.4) is 0 Å². The van der Waals surface area contributed by atoms with Gasteiger partial charge < -0.3 is 14.2 Å². The zero-order valence-electron chi connectivity index (χ0n) is 15.7. The molecule has 28 heavy (non-hydrogen) atoms. The van der Waals surface area contributed by atoms with Gasteiger partial charge in [0.1, 0.15) is 5.75 Å². The number of nitrogens with one attached hydrogen (secondary N) is 1. The first-order valence-electron chi connectivity index (χ1n) is 9.06. The molecule has 0 bridgehead atoms. The number of hydrogen-bond donors (Lipinski definition) is 1. The Morgan fingerprint density at radius 2 is 2.00 bits per heavy atom. The van der Waals surface area contributed by atoms with Crippen molar-refractivity contribution < 1.29 is 9.26 Å². The lowest BCUT2D eigenvalue weighted by Crippen LogP contribution is -2.16. The minimum absolute atomic E-state index is 0.106. The predicted octanol–water partition coefficient (Wildman–Crippen LogP) is 3.97. The van der Waals surface area contributed by atoms with Gasteiger partial charge in [-0.25, -0.2) is 4.79 Å². The molecular formula is C21H20N4O3. The van der Waals surface area contributed by atoms with E-state index in [1.807, 2.05) is 55.5 Å². The van der Waals surface area contributed by atoms with E-state index in [4.69, 9.17) is 9.26 Å². The zero-order chi connectivity index (χ0) is 19.5. The van der Waals surface area contributed by atoms with Crippen LogP contribution in [-0.4, -0.2) is 26.8 Å². The lowest BCUT2D eigenvalue weighted by atomic mass is 10.2. The quantitative estimate of drug-likeness (QED) is 0.550. The van der Waals surface area contributed by atoms with E-state index in [1.165, 1.54) is 0 Å². The van der Waals surface area contributed by atoms with Crippen LogP contribution in [0.25, 0.3) is 34.6 Å². The first-order valence-corrected chi connectivity index (χ1v) is 9.06. The number of fused-ring (bicyclic) bond motifs is 1. The number of H-pyrrole nitrogens is 1. The number of methoxy groups -OCH3 is 1. The van der Waals surface area contributed by atoms with Crippen LogP contribution in [0.15, 0.2) is 51.8 Å². The first kappa shape index (κ1) is 17.8. The molecule has 142 valence electrons. The van der Waals surface area contributed by atoms with Crippen LogP contribution in [-0.2, 0) is 6.54 Å². The largest absolute Gasteiger partial charge is 0.497 e. The van der Waals surface area contributed by atoms with Crippen molar-refractivity contribution in [2.75, 3.05) is 7.11 Å². The van der Waals surface area contributed by atoms with Crippen molar-refractivity contribution in [3.05, 3.63) is 64.4 Å². The van der Waals surface area contributed by atoms with Crippen LogP contribution in [0.5, 0.6) is 5.75 Å². The summed E-state index contributed by atoms with van der Waals surface area (Å²) >= 11 is 0. The first-order chi connectivity index (χ1) is 13.7. The van der Waals surface area contributed by atoms with Gasteiger partial charge in [-0.05, 0) is 48.4 Å². The van der Waals surface area contributed by atoms with Crippen LogP contribution >= 0.6 is 0 Å². The van der Waals surface area contributed by atoms with Crippen LogP contribution in [0.1, 0.15) is 24.8 Å². The van der Waals surface area contributed by atoms with Crippen LogP contribution in [0, 0.1) is 0 Å². The summed E-state index contributed by atoms with van der Waals surface area (Å²) in [5.74, 6) is 1.68. The fraction of sp³-hybridized carbons (Fsp3) is 0.190. The van der Waals surface area contributed by atoms with Crippen LogP contribution < -0.4 is 10.4 Å². The summed E-state index contributed by atoms with van der Waals surface area (Å²) in [6.07, 6.45) is 4.54. The third kappa shape index (κ3) is 3.46. The average Bonchev–Trinajstić information content (AvgIpc) is 3.31. The van der Waals surface area contributed by atoms with Crippen molar-refractivity contribution in [1.29, 1.82) is 0 Å². The number of aryl methyl sites for hydroxylation is 1. The second-order valence-electron chi connectivity index (χ2n) is 6.38. The Morgan fingerprint density at radius 1 is 1.18 bits per heavy atom. The van der Waals surface area contributed by atoms with E-state index >= 15 is 0 Å². The standard InChI is InChI=1S/C21H20N4O3/c1-3-12-25-18-10-7-15(13-17(18)22-21(25)26)20-23-19(28-24-20)11-6-14-4-8-16(27-2)9-5-14/h4-11,13H,3,12H2,1-2H3,(H,22,26). The second kappa shape index (κ2) is 7.56. The highest BCUT2D eigenvalue weighted by molar-refractivity contribution is 5.80. The van der Waals surface area contributed by atoms with Gasteiger partial charge in [-0.1, -0.05) is 24.2 Å². The van der Waals surface area contributed by atoms with E-state index < -0.39 is 0 Å². The SMILES string of the molecule is CCCn1c(=O)[nH]c2cc(-c3noc(C=Cc4ccc(OC)cc4)n3)ccc21. The Balaban J connectivity index is 1.58. The number of nitrogens with zero attached hydrogens (tertiary/aromatic N) is 3. The summed E-state index contributed by atoms with van der Waals surface area (Å²) in [6.45, 7) is 2.72. The maximum Gasteiger partial charge on any atom is 0.326 e.